The van der Waals surface area contributed by atoms with Gasteiger partial charge in [-0.3, -0.25) is 4.68 Å². The summed E-state index contributed by atoms with van der Waals surface area (Å²) < 4.78 is 22.8. The summed E-state index contributed by atoms with van der Waals surface area (Å²) in [6, 6.07) is 4.17. The van der Waals surface area contributed by atoms with Crippen molar-refractivity contribution in [3.05, 3.63) is 35.3 Å². The predicted molar refractivity (Wildman–Crippen MR) is 145 cm³/mol. The van der Waals surface area contributed by atoms with Crippen LogP contribution in [0, 0.1) is 5.82 Å². The van der Waals surface area contributed by atoms with Crippen LogP contribution < -0.4 is 15.4 Å². The second kappa shape index (κ2) is 12.0. The average Bonchev–Trinajstić information content (AvgIpc) is 3.29. The Bertz CT molecular complexity index is 1190. The molecule has 3 heterocycles. The van der Waals surface area contributed by atoms with Crippen LogP contribution in [0.1, 0.15) is 63.5 Å². The maximum absolute atomic E-state index is 15.5. The molecule has 9 nitrogen and oxygen atoms in total. The Kier molecular flexibility index (Phi) is 8.81. The van der Waals surface area contributed by atoms with Gasteiger partial charge in [-0.05, 0) is 69.8 Å². The number of piperidine rings is 1. The van der Waals surface area contributed by atoms with Crippen LogP contribution in [-0.4, -0.2) is 75.7 Å². The van der Waals surface area contributed by atoms with Gasteiger partial charge in [-0.15, -0.1) is 0 Å². The van der Waals surface area contributed by atoms with Gasteiger partial charge >= 0.3 is 0 Å². The molecule has 37 heavy (non-hydrogen) atoms. The number of halogens is 1. The van der Waals surface area contributed by atoms with Crippen molar-refractivity contribution in [2.24, 2.45) is 0 Å². The smallest absolute Gasteiger partial charge is 0.222 e. The predicted octanol–water partition coefficient (Wildman–Crippen LogP) is 3.79. The van der Waals surface area contributed by atoms with Gasteiger partial charge in [0.1, 0.15) is 17.1 Å². The number of nitrogen functional groups attached to an aromatic ring is 1. The fourth-order valence-electron chi connectivity index (χ4n) is 5.17. The summed E-state index contributed by atoms with van der Waals surface area (Å²) >= 11 is 0. The molecule has 4 rings (SSSR count). The minimum Gasteiger partial charge on any atom is -0.496 e. The third-order valence-corrected chi connectivity index (χ3v) is 7.31. The lowest BCUT2D eigenvalue weighted by atomic mass is 9.88. The molecular formula is C27H40FN7O2. The highest BCUT2D eigenvalue weighted by Crippen LogP contribution is 2.34. The number of hydrogen-bond donors (Lipinski definition) is 2. The summed E-state index contributed by atoms with van der Waals surface area (Å²) in [5.41, 5.74) is 8.59. The van der Waals surface area contributed by atoms with Crippen molar-refractivity contribution in [3.8, 4) is 5.75 Å². The first kappa shape index (κ1) is 27.1. The Morgan fingerprint density at radius 1 is 1.22 bits per heavy atom. The Balaban J connectivity index is 1.61. The van der Waals surface area contributed by atoms with Crippen molar-refractivity contribution in [3.63, 3.8) is 0 Å². The van der Waals surface area contributed by atoms with Crippen molar-refractivity contribution < 1.29 is 14.2 Å². The minimum atomic E-state index is -0.295. The van der Waals surface area contributed by atoms with Gasteiger partial charge in [-0.1, -0.05) is 13.3 Å². The van der Waals surface area contributed by atoms with Crippen molar-refractivity contribution in [1.82, 2.24) is 24.6 Å². The normalized spacial score (nSPS) is 15.1. The van der Waals surface area contributed by atoms with Crippen LogP contribution in [0.4, 0.5) is 16.2 Å². The molecule has 0 radical (unpaired) electrons. The van der Waals surface area contributed by atoms with Gasteiger partial charge in [-0.2, -0.15) is 10.1 Å². The van der Waals surface area contributed by atoms with E-state index in [0.717, 1.165) is 50.9 Å². The average molecular weight is 514 g/mol. The van der Waals surface area contributed by atoms with Crippen LogP contribution in [0.25, 0.3) is 11.0 Å². The van der Waals surface area contributed by atoms with Crippen LogP contribution in [0.15, 0.2) is 18.3 Å². The lowest BCUT2D eigenvalue weighted by Gasteiger charge is -2.35. The van der Waals surface area contributed by atoms with Crippen molar-refractivity contribution in [2.45, 2.75) is 65.0 Å². The SMILES string of the molecule is CCCCN(CCO)c1nc(N)nc2cn(Cc3c(F)cc(C4CCN(C(C)C)CC4)cc3OC)nc12. The zero-order valence-electron chi connectivity index (χ0n) is 22.5. The van der Waals surface area contributed by atoms with Gasteiger partial charge in [0, 0.05) is 19.1 Å². The molecule has 2 aromatic heterocycles. The first-order valence-corrected chi connectivity index (χ1v) is 13.3. The molecule has 0 aliphatic carbocycles. The van der Waals surface area contributed by atoms with E-state index < -0.39 is 0 Å². The number of hydrogen-bond acceptors (Lipinski definition) is 8. The Labute approximate surface area is 218 Å². The number of methoxy groups -OCH3 is 1. The molecule has 1 aromatic carbocycles. The second-order valence-electron chi connectivity index (χ2n) is 10.1. The van der Waals surface area contributed by atoms with Gasteiger partial charge in [0.05, 0.1) is 32.0 Å². The Morgan fingerprint density at radius 3 is 2.62 bits per heavy atom. The van der Waals surface area contributed by atoms with E-state index in [1.54, 1.807) is 24.1 Å². The number of aromatic nitrogens is 4. The summed E-state index contributed by atoms with van der Waals surface area (Å²) in [6.07, 6.45) is 5.72. The number of nitrogens with zero attached hydrogens (tertiary/aromatic N) is 6. The molecule has 1 aliphatic rings. The van der Waals surface area contributed by atoms with Gasteiger partial charge in [-0.25, -0.2) is 9.37 Å². The van der Waals surface area contributed by atoms with E-state index in [-0.39, 0.29) is 24.9 Å². The zero-order chi connectivity index (χ0) is 26.5. The summed E-state index contributed by atoms with van der Waals surface area (Å²) in [5, 5.41) is 14.3. The third kappa shape index (κ3) is 6.13. The maximum atomic E-state index is 15.5. The molecule has 1 aliphatic heterocycles. The molecule has 202 valence electrons. The highest BCUT2D eigenvalue weighted by atomic mass is 19.1. The number of likely N-dealkylation sites (tertiary alicyclic amines) is 1. The minimum absolute atomic E-state index is 0.0128. The lowest BCUT2D eigenvalue weighted by molar-refractivity contribution is 0.171. The molecule has 3 N–H and O–H groups in total. The van der Waals surface area contributed by atoms with Crippen LogP contribution in [0.3, 0.4) is 0 Å². The standard InChI is InChI=1S/C27H40FN7O2/c1-5-6-9-34(12-13-36)26-25-23(30-27(29)31-26)17-35(32-25)16-21-22(28)14-20(15-24(21)37-4)19-7-10-33(11-8-19)18(2)3/h14-15,17-19,36H,5-13,16H2,1-4H3,(H2,29,30). The molecule has 0 amide bonds. The maximum Gasteiger partial charge on any atom is 0.222 e. The molecule has 10 heteroatoms. The van der Waals surface area contributed by atoms with Crippen LogP contribution >= 0.6 is 0 Å². The molecule has 1 fully saturated rings. The zero-order valence-corrected chi connectivity index (χ0v) is 22.5. The highest BCUT2D eigenvalue weighted by molar-refractivity contribution is 5.86. The fraction of sp³-hybridized carbons (Fsp3) is 0.593. The third-order valence-electron chi connectivity index (χ3n) is 7.31. The second-order valence-corrected chi connectivity index (χ2v) is 10.1. The van der Waals surface area contributed by atoms with Crippen LogP contribution in [0.2, 0.25) is 0 Å². The summed E-state index contributed by atoms with van der Waals surface area (Å²) in [4.78, 5) is 13.2. The van der Waals surface area contributed by atoms with E-state index in [1.165, 1.54) is 0 Å². The van der Waals surface area contributed by atoms with Gasteiger partial charge in [0.15, 0.2) is 11.3 Å². The Hall–Kier alpha value is -2.98. The highest BCUT2D eigenvalue weighted by Gasteiger charge is 2.25. The monoisotopic (exact) mass is 513 g/mol. The molecule has 0 unspecified atom stereocenters. The number of unbranched alkanes of at least 4 members (excludes halogenated alkanes) is 1. The fourth-order valence-corrected chi connectivity index (χ4v) is 5.17. The van der Waals surface area contributed by atoms with E-state index in [2.05, 4.69) is 35.6 Å². The van der Waals surface area contributed by atoms with Gasteiger partial charge in [0.25, 0.3) is 0 Å². The molecular weight excluding hydrogens is 473 g/mol. The number of fused-ring (bicyclic) bond motifs is 1. The first-order valence-electron chi connectivity index (χ1n) is 13.3. The topological polar surface area (TPSA) is 106 Å². The molecule has 1 saturated heterocycles. The summed E-state index contributed by atoms with van der Waals surface area (Å²) in [7, 11) is 1.58. The largest absolute Gasteiger partial charge is 0.496 e. The summed E-state index contributed by atoms with van der Waals surface area (Å²) in [6.45, 7) is 9.89. The number of benzene rings is 1. The number of nitrogens with two attached hydrogens (primary N) is 1. The molecule has 3 aromatic rings. The first-order chi connectivity index (χ1) is 17.8. The van der Waals surface area contributed by atoms with Crippen LogP contribution in [0.5, 0.6) is 5.75 Å². The molecule has 0 atom stereocenters. The number of ether oxygens (including phenoxy) is 1. The number of aliphatic hydroxyl groups excluding tert-OH is 1. The van der Waals surface area contributed by atoms with E-state index >= 15 is 4.39 Å². The van der Waals surface area contributed by atoms with Gasteiger partial charge < -0.3 is 25.4 Å². The van der Waals surface area contributed by atoms with Gasteiger partial charge in [0.2, 0.25) is 5.95 Å². The van der Waals surface area contributed by atoms with Crippen LogP contribution in [-0.2, 0) is 6.54 Å². The van der Waals surface area contributed by atoms with E-state index in [9.17, 15) is 5.11 Å². The molecule has 0 bridgehead atoms. The van der Waals surface area contributed by atoms with E-state index in [4.69, 9.17) is 15.6 Å². The molecule has 0 spiro atoms. The number of rotatable bonds is 11. The van der Waals surface area contributed by atoms with Crippen molar-refractivity contribution in [1.29, 1.82) is 0 Å². The molecule has 0 saturated carbocycles. The quantitative estimate of drug-likeness (QED) is 0.399. The van der Waals surface area contributed by atoms with Crippen molar-refractivity contribution >= 4 is 22.8 Å². The number of anilines is 2. The van der Waals surface area contributed by atoms with E-state index in [0.29, 0.717) is 46.7 Å². The number of aliphatic hydroxyl groups is 1. The Morgan fingerprint density at radius 2 is 1.97 bits per heavy atom. The summed E-state index contributed by atoms with van der Waals surface area (Å²) in [5.74, 6) is 1.27. The lowest BCUT2D eigenvalue weighted by Crippen LogP contribution is -2.37. The van der Waals surface area contributed by atoms with Crippen molar-refractivity contribution in [2.75, 3.05) is 50.5 Å². The van der Waals surface area contributed by atoms with E-state index in [1.807, 2.05) is 11.0 Å².